The van der Waals surface area contributed by atoms with Crippen molar-refractivity contribution >= 4 is 11.9 Å². The number of carboxylic acids is 1. The van der Waals surface area contributed by atoms with E-state index in [0.29, 0.717) is 11.5 Å². The van der Waals surface area contributed by atoms with Crippen molar-refractivity contribution in [3.8, 4) is 11.5 Å². The highest BCUT2D eigenvalue weighted by molar-refractivity contribution is 5.85. The second kappa shape index (κ2) is 4.70. The molecule has 6 nitrogen and oxygen atoms in total. The fraction of sp³-hybridized carbons (Fsp3) is 0.429. The van der Waals surface area contributed by atoms with Crippen molar-refractivity contribution in [2.45, 2.75) is 19.1 Å². The number of aliphatic carboxylic acids is 1. The van der Waals surface area contributed by atoms with Crippen LogP contribution in [0, 0.1) is 5.92 Å². The number of rotatable bonds is 2. The molecule has 1 aromatic carbocycles. The van der Waals surface area contributed by atoms with E-state index in [1.54, 1.807) is 19.1 Å². The van der Waals surface area contributed by atoms with Gasteiger partial charge in [-0.15, -0.1) is 0 Å². The Morgan fingerprint density at radius 2 is 1.80 bits per heavy atom. The molecule has 1 saturated heterocycles. The molecule has 6 heteroatoms. The lowest BCUT2D eigenvalue weighted by Gasteiger charge is -2.40. The fourth-order valence-corrected chi connectivity index (χ4v) is 2.39. The third-order valence-electron chi connectivity index (χ3n) is 3.63. The summed E-state index contributed by atoms with van der Waals surface area (Å²) in [6.07, 6.45) is -1.12. The van der Waals surface area contributed by atoms with Gasteiger partial charge in [0.15, 0.2) is 11.5 Å². The van der Waals surface area contributed by atoms with E-state index in [0.717, 1.165) is 0 Å². The number of hydrogen-bond acceptors (Lipinski definition) is 4. The molecule has 0 bridgehead atoms. The minimum atomic E-state index is -0.867. The molecule has 2 heterocycles. The molecule has 1 aromatic rings. The van der Waals surface area contributed by atoms with Gasteiger partial charge in [-0.2, -0.15) is 0 Å². The monoisotopic (exact) mass is 277 g/mol. The molecule has 1 N–H and O–H groups in total. The molecule has 0 radical (unpaired) electrons. The molecule has 1 amide bonds. The van der Waals surface area contributed by atoms with Crippen LogP contribution >= 0.6 is 0 Å². The van der Waals surface area contributed by atoms with Gasteiger partial charge in [0.2, 0.25) is 6.10 Å². The number of hydrogen-bond donors (Lipinski definition) is 1. The van der Waals surface area contributed by atoms with Crippen molar-refractivity contribution in [3.63, 3.8) is 0 Å². The maximum absolute atomic E-state index is 12.3. The number of carboxylic acid groups (broad SMARTS) is 1. The highest BCUT2D eigenvalue weighted by Crippen LogP contribution is 2.34. The van der Waals surface area contributed by atoms with Crippen LogP contribution in [0.3, 0.4) is 0 Å². The third-order valence-corrected chi connectivity index (χ3v) is 3.63. The normalized spacial score (nSPS) is 24.9. The zero-order valence-corrected chi connectivity index (χ0v) is 11.0. The van der Waals surface area contributed by atoms with Crippen molar-refractivity contribution in [1.29, 1.82) is 0 Å². The molecule has 106 valence electrons. The quantitative estimate of drug-likeness (QED) is 0.863. The topological polar surface area (TPSA) is 76.1 Å². The average molecular weight is 277 g/mol. The standard InChI is InChI=1S/C14H15NO5/c1-8-12(13(16)15-6-9(7-15)14(17)18)20-11-5-3-2-4-10(11)19-8/h2-5,8-9,12H,6-7H2,1H3,(H,17,18). The second-order valence-electron chi connectivity index (χ2n) is 5.09. The van der Waals surface area contributed by atoms with Crippen molar-refractivity contribution < 1.29 is 24.2 Å². The summed E-state index contributed by atoms with van der Waals surface area (Å²) in [5.41, 5.74) is 0. The van der Waals surface area contributed by atoms with Gasteiger partial charge in [-0.25, -0.2) is 0 Å². The van der Waals surface area contributed by atoms with Crippen LogP contribution < -0.4 is 9.47 Å². The van der Waals surface area contributed by atoms with E-state index in [1.165, 1.54) is 4.90 Å². The van der Waals surface area contributed by atoms with Gasteiger partial charge in [-0.05, 0) is 19.1 Å². The van der Waals surface area contributed by atoms with E-state index in [9.17, 15) is 9.59 Å². The summed E-state index contributed by atoms with van der Waals surface area (Å²) in [6.45, 7) is 2.25. The lowest BCUT2D eigenvalue weighted by atomic mass is 9.99. The first-order valence-corrected chi connectivity index (χ1v) is 6.50. The summed E-state index contributed by atoms with van der Waals surface area (Å²) < 4.78 is 11.4. The smallest absolute Gasteiger partial charge is 0.310 e. The van der Waals surface area contributed by atoms with Gasteiger partial charge in [-0.3, -0.25) is 9.59 Å². The van der Waals surface area contributed by atoms with Crippen LogP contribution in [0.15, 0.2) is 24.3 Å². The zero-order valence-electron chi connectivity index (χ0n) is 11.0. The van der Waals surface area contributed by atoms with Crippen LogP contribution in [0.4, 0.5) is 0 Å². The average Bonchev–Trinajstić information content (AvgIpc) is 2.35. The molecular weight excluding hydrogens is 262 g/mol. The van der Waals surface area contributed by atoms with Crippen LogP contribution in [0.25, 0.3) is 0 Å². The number of carbonyl (C=O) groups excluding carboxylic acids is 1. The number of nitrogens with zero attached hydrogens (tertiary/aromatic N) is 1. The maximum Gasteiger partial charge on any atom is 0.310 e. The number of benzene rings is 1. The Labute approximate surface area is 115 Å². The van der Waals surface area contributed by atoms with Gasteiger partial charge in [-0.1, -0.05) is 12.1 Å². The molecule has 1 fully saturated rings. The van der Waals surface area contributed by atoms with Crippen LogP contribution in [-0.4, -0.2) is 47.2 Å². The molecule has 2 atom stereocenters. The lowest BCUT2D eigenvalue weighted by Crippen LogP contribution is -2.59. The maximum atomic E-state index is 12.3. The van der Waals surface area contributed by atoms with E-state index in [2.05, 4.69) is 0 Å². The highest BCUT2D eigenvalue weighted by Gasteiger charge is 2.43. The first-order valence-electron chi connectivity index (χ1n) is 6.50. The van der Waals surface area contributed by atoms with Crippen LogP contribution in [0.5, 0.6) is 11.5 Å². The van der Waals surface area contributed by atoms with Gasteiger partial charge in [0.05, 0.1) is 5.92 Å². The Kier molecular flexibility index (Phi) is 3.00. The van der Waals surface area contributed by atoms with Crippen LogP contribution in [0.2, 0.25) is 0 Å². The number of carbonyl (C=O) groups is 2. The first-order chi connectivity index (χ1) is 9.56. The van der Waals surface area contributed by atoms with Crippen LogP contribution in [-0.2, 0) is 9.59 Å². The molecule has 0 aromatic heterocycles. The Balaban J connectivity index is 1.69. The van der Waals surface area contributed by atoms with Gasteiger partial charge < -0.3 is 19.5 Å². The summed E-state index contributed by atoms with van der Waals surface area (Å²) in [4.78, 5) is 24.6. The van der Waals surface area contributed by atoms with Crippen LogP contribution in [0.1, 0.15) is 6.92 Å². The predicted octanol–water partition coefficient (Wildman–Crippen LogP) is 0.758. The summed E-state index contributed by atoms with van der Waals surface area (Å²) in [5, 5.41) is 8.83. The number of amides is 1. The fourth-order valence-electron chi connectivity index (χ4n) is 2.39. The summed E-state index contributed by atoms with van der Waals surface area (Å²) in [5.74, 6) is -0.390. The van der Waals surface area contributed by atoms with Crippen molar-refractivity contribution in [3.05, 3.63) is 24.3 Å². The zero-order chi connectivity index (χ0) is 14.3. The number of likely N-dealkylation sites (tertiary alicyclic amines) is 1. The number of ether oxygens (including phenoxy) is 2. The predicted molar refractivity (Wildman–Crippen MR) is 68.7 cm³/mol. The van der Waals surface area contributed by atoms with Gasteiger partial charge >= 0.3 is 5.97 Å². The summed E-state index contributed by atoms with van der Waals surface area (Å²) in [7, 11) is 0. The van der Waals surface area contributed by atoms with Gasteiger partial charge in [0.25, 0.3) is 5.91 Å². The SMILES string of the molecule is CC1Oc2ccccc2OC1C(=O)N1CC(C(=O)O)C1. The minimum Gasteiger partial charge on any atom is -0.482 e. The van der Waals surface area contributed by atoms with Crippen molar-refractivity contribution in [2.24, 2.45) is 5.92 Å². The largest absolute Gasteiger partial charge is 0.482 e. The van der Waals surface area contributed by atoms with Gasteiger partial charge in [0.1, 0.15) is 6.10 Å². The molecule has 0 spiro atoms. The van der Waals surface area contributed by atoms with E-state index in [-0.39, 0.29) is 19.0 Å². The van der Waals surface area contributed by atoms with E-state index >= 15 is 0 Å². The Morgan fingerprint density at radius 1 is 1.20 bits per heavy atom. The van der Waals surface area contributed by atoms with Gasteiger partial charge in [0, 0.05) is 13.1 Å². The molecule has 0 aliphatic carbocycles. The van der Waals surface area contributed by atoms with E-state index < -0.39 is 24.1 Å². The molecule has 0 saturated carbocycles. The van der Waals surface area contributed by atoms with Crippen molar-refractivity contribution in [1.82, 2.24) is 4.90 Å². The van der Waals surface area contributed by atoms with Crippen molar-refractivity contribution in [2.75, 3.05) is 13.1 Å². The Bertz CT molecular complexity index is 552. The highest BCUT2D eigenvalue weighted by atomic mass is 16.6. The lowest BCUT2D eigenvalue weighted by molar-refractivity contribution is -0.159. The number of para-hydroxylation sites is 2. The molecule has 2 unspecified atom stereocenters. The second-order valence-corrected chi connectivity index (χ2v) is 5.09. The number of fused-ring (bicyclic) bond motifs is 1. The summed E-state index contributed by atoms with van der Waals surface area (Å²) in [6, 6.07) is 7.18. The summed E-state index contributed by atoms with van der Waals surface area (Å²) >= 11 is 0. The minimum absolute atomic E-state index is 0.218. The molecule has 3 rings (SSSR count). The molecule has 20 heavy (non-hydrogen) atoms. The molecule has 2 aliphatic rings. The Morgan fingerprint density at radius 3 is 2.40 bits per heavy atom. The molecular formula is C14H15NO5. The van der Waals surface area contributed by atoms with E-state index in [4.69, 9.17) is 14.6 Å². The Hall–Kier alpha value is -2.24. The molecule has 2 aliphatic heterocycles. The first kappa shape index (κ1) is 12.8. The van der Waals surface area contributed by atoms with E-state index in [1.807, 2.05) is 12.1 Å². The third kappa shape index (κ3) is 2.07.